The highest BCUT2D eigenvalue weighted by Gasteiger charge is 2.18. The quantitative estimate of drug-likeness (QED) is 0.859. The van der Waals surface area contributed by atoms with E-state index in [-0.39, 0.29) is 24.0 Å². The molecule has 0 aliphatic carbocycles. The largest absolute Gasteiger partial charge is 0.383 e. The first-order valence-electron chi connectivity index (χ1n) is 6.28. The van der Waals surface area contributed by atoms with Crippen LogP contribution in [0.25, 0.3) is 0 Å². The van der Waals surface area contributed by atoms with Crippen molar-refractivity contribution in [2.75, 3.05) is 31.7 Å². The van der Waals surface area contributed by atoms with Crippen LogP contribution in [0.2, 0.25) is 0 Å². The summed E-state index contributed by atoms with van der Waals surface area (Å²) >= 11 is 0. The number of piperidine rings is 1. The first kappa shape index (κ1) is 15.9. The van der Waals surface area contributed by atoms with Crippen LogP contribution in [0.5, 0.6) is 0 Å². The summed E-state index contributed by atoms with van der Waals surface area (Å²) in [4.78, 5) is 13.8. The van der Waals surface area contributed by atoms with Gasteiger partial charge in [-0.1, -0.05) is 0 Å². The number of rotatable bonds is 4. The van der Waals surface area contributed by atoms with Crippen molar-refractivity contribution >= 4 is 18.2 Å². The summed E-state index contributed by atoms with van der Waals surface area (Å²) in [6, 6.07) is 3.52. The van der Waals surface area contributed by atoms with Gasteiger partial charge in [-0.2, -0.15) is 5.10 Å². The van der Waals surface area contributed by atoms with Crippen LogP contribution in [0.1, 0.15) is 12.8 Å². The number of aromatic nitrogens is 2. The molecule has 1 saturated heterocycles. The van der Waals surface area contributed by atoms with Gasteiger partial charge in [0.2, 0.25) is 0 Å². The molecule has 0 bridgehead atoms. The third kappa shape index (κ3) is 4.19. The Kier molecular flexibility index (Phi) is 6.27. The van der Waals surface area contributed by atoms with Gasteiger partial charge < -0.3 is 15.4 Å². The highest BCUT2D eigenvalue weighted by Crippen LogP contribution is 2.15. The summed E-state index contributed by atoms with van der Waals surface area (Å²) in [7, 11) is 1.61. The minimum Gasteiger partial charge on any atom is -0.383 e. The van der Waals surface area contributed by atoms with Crippen LogP contribution in [0.3, 0.4) is 0 Å². The lowest BCUT2D eigenvalue weighted by atomic mass is 10.1. The number of hydrogen-bond acceptors (Lipinski definition) is 5. The summed E-state index contributed by atoms with van der Waals surface area (Å²) in [5, 5.41) is 4.36. The van der Waals surface area contributed by atoms with Gasteiger partial charge >= 0.3 is 0 Å². The zero-order valence-corrected chi connectivity index (χ0v) is 11.9. The van der Waals surface area contributed by atoms with Gasteiger partial charge in [0, 0.05) is 32.3 Å². The van der Waals surface area contributed by atoms with Crippen molar-refractivity contribution in [3.05, 3.63) is 22.5 Å². The van der Waals surface area contributed by atoms with E-state index in [1.807, 2.05) is 0 Å². The van der Waals surface area contributed by atoms with Crippen molar-refractivity contribution < 1.29 is 4.74 Å². The standard InChI is InChI=1S/C12H20N4O2.ClH/c1-18-8-7-16-12(17)5-4-11(14-16)15-6-2-3-10(13)9-15;/h4-5,10H,2-3,6-9,13H2,1H3;1H. The molecule has 1 fully saturated rings. The van der Waals surface area contributed by atoms with Crippen molar-refractivity contribution in [3.8, 4) is 0 Å². The second-order valence-electron chi connectivity index (χ2n) is 4.59. The summed E-state index contributed by atoms with van der Waals surface area (Å²) in [6.45, 7) is 2.71. The third-order valence-corrected chi connectivity index (χ3v) is 3.14. The van der Waals surface area contributed by atoms with E-state index in [0.717, 1.165) is 31.7 Å². The van der Waals surface area contributed by atoms with Gasteiger partial charge in [-0.15, -0.1) is 12.4 Å². The fraction of sp³-hybridized carbons (Fsp3) is 0.667. The van der Waals surface area contributed by atoms with Gasteiger partial charge in [0.1, 0.15) is 5.82 Å². The smallest absolute Gasteiger partial charge is 0.266 e. The normalized spacial score (nSPS) is 19.1. The maximum absolute atomic E-state index is 11.6. The first-order chi connectivity index (χ1) is 8.70. The number of halogens is 1. The molecular formula is C12H21ClN4O2. The van der Waals surface area contributed by atoms with Crippen LogP contribution in [0.4, 0.5) is 5.82 Å². The van der Waals surface area contributed by atoms with E-state index in [1.165, 1.54) is 4.68 Å². The first-order valence-corrected chi connectivity index (χ1v) is 6.28. The fourth-order valence-electron chi connectivity index (χ4n) is 2.16. The van der Waals surface area contributed by atoms with Gasteiger partial charge in [0.15, 0.2) is 0 Å². The Morgan fingerprint density at radius 2 is 2.32 bits per heavy atom. The Labute approximate surface area is 118 Å². The second kappa shape index (κ2) is 7.47. The minimum atomic E-state index is -0.0999. The Balaban J connectivity index is 0.00000180. The van der Waals surface area contributed by atoms with Crippen LogP contribution >= 0.6 is 12.4 Å². The molecule has 2 N–H and O–H groups in total. The van der Waals surface area contributed by atoms with E-state index in [2.05, 4.69) is 10.00 Å². The molecule has 1 aromatic rings. The van der Waals surface area contributed by atoms with Crippen LogP contribution in [0, 0.1) is 0 Å². The third-order valence-electron chi connectivity index (χ3n) is 3.14. The van der Waals surface area contributed by atoms with Gasteiger partial charge in [-0.3, -0.25) is 4.79 Å². The van der Waals surface area contributed by atoms with Crippen LogP contribution in [-0.2, 0) is 11.3 Å². The predicted molar refractivity (Wildman–Crippen MR) is 77.0 cm³/mol. The fourth-order valence-corrected chi connectivity index (χ4v) is 2.16. The molecule has 1 unspecified atom stereocenters. The van der Waals surface area contributed by atoms with Crippen LogP contribution in [-0.4, -0.2) is 42.6 Å². The van der Waals surface area contributed by atoms with Crippen molar-refractivity contribution in [2.24, 2.45) is 5.73 Å². The Morgan fingerprint density at radius 1 is 1.53 bits per heavy atom. The summed E-state index contributed by atoms with van der Waals surface area (Å²) in [5.74, 6) is 0.820. The maximum Gasteiger partial charge on any atom is 0.266 e. The number of anilines is 1. The number of methoxy groups -OCH3 is 1. The van der Waals surface area contributed by atoms with Crippen molar-refractivity contribution in [2.45, 2.75) is 25.4 Å². The Morgan fingerprint density at radius 3 is 3.00 bits per heavy atom. The van der Waals surface area contributed by atoms with E-state index in [4.69, 9.17) is 10.5 Å². The molecule has 0 radical (unpaired) electrons. The molecule has 0 aromatic carbocycles. The highest BCUT2D eigenvalue weighted by atomic mass is 35.5. The molecule has 19 heavy (non-hydrogen) atoms. The predicted octanol–water partition coefficient (Wildman–Crippen LogP) is 0.239. The van der Waals surface area contributed by atoms with E-state index in [0.29, 0.717) is 13.2 Å². The topological polar surface area (TPSA) is 73.4 Å². The average molecular weight is 289 g/mol. The van der Waals surface area contributed by atoms with Crippen molar-refractivity contribution in [1.29, 1.82) is 0 Å². The molecule has 1 aliphatic rings. The van der Waals surface area contributed by atoms with E-state index in [1.54, 1.807) is 19.2 Å². The molecule has 1 aliphatic heterocycles. The molecule has 0 amide bonds. The highest BCUT2D eigenvalue weighted by molar-refractivity contribution is 5.85. The second-order valence-corrected chi connectivity index (χ2v) is 4.59. The summed E-state index contributed by atoms with van der Waals surface area (Å²) < 4.78 is 6.41. The zero-order chi connectivity index (χ0) is 13.0. The molecule has 1 aromatic heterocycles. The SMILES string of the molecule is COCCn1nc(N2CCCC(N)C2)ccc1=O.Cl. The lowest BCUT2D eigenvalue weighted by molar-refractivity contribution is 0.182. The van der Waals surface area contributed by atoms with E-state index < -0.39 is 0 Å². The van der Waals surface area contributed by atoms with Gasteiger partial charge in [0.05, 0.1) is 13.2 Å². The average Bonchev–Trinajstić information content (AvgIpc) is 2.38. The molecule has 2 heterocycles. The molecule has 108 valence electrons. The molecule has 0 spiro atoms. The zero-order valence-electron chi connectivity index (χ0n) is 11.1. The summed E-state index contributed by atoms with van der Waals surface area (Å²) in [5.41, 5.74) is 5.85. The molecule has 0 saturated carbocycles. The van der Waals surface area contributed by atoms with Gasteiger partial charge in [-0.25, -0.2) is 4.68 Å². The van der Waals surface area contributed by atoms with E-state index >= 15 is 0 Å². The number of nitrogens with two attached hydrogens (primary N) is 1. The molecule has 2 rings (SSSR count). The van der Waals surface area contributed by atoms with E-state index in [9.17, 15) is 4.79 Å². The molecule has 6 nitrogen and oxygen atoms in total. The Bertz CT molecular complexity index is 452. The monoisotopic (exact) mass is 288 g/mol. The van der Waals surface area contributed by atoms with Gasteiger partial charge in [0.25, 0.3) is 5.56 Å². The van der Waals surface area contributed by atoms with Crippen molar-refractivity contribution in [1.82, 2.24) is 9.78 Å². The molecule has 7 heteroatoms. The van der Waals surface area contributed by atoms with Crippen molar-refractivity contribution in [3.63, 3.8) is 0 Å². The molecular weight excluding hydrogens is 268 g/mol. The van der Waals surface area contributed by atoms with Gasteiger partial charge in [-0.05, 0) is 18.9 Å². The number of nitrogens with zero attached hydrogens (tertiary/aromatic N) is 3. The minimum absolute atomic E-state index is 0. The van der Waals surface area contributed by atoms with Crippen LogP contribution in [0.15, 0.2) is 16.9 Å². The number of hydrogen-bond donors (Lipinski definition) is 1. The molecule has 1 atom stereocenters. The van der Waals surface area contributed by atoms with Crippen LogP contribution < -0.4 is 16.2 Å². The Hall–Kier alpha value is -1.11. The number of ether oxygens (including phenoxy) is 1. The lowest BCUT2D eigenvalue weighted by Gasteiger charge is -2.31. The lowest BCUT2D eigenvalue weighted by Crippen LogP contribution is -2.43. The maximum atomic E-state index is 11.6. The summed E-state index contributed by atoms with van der Waals surface area (Å²) in [6.07, 6.45) is 2.12.